The van der Waals surface area contributed by atoms with Gasteiger partial charge in [-0.2, -0.15) is 0 Å². The largest absolute Gasteiger partial charge is 0.465 e. The Morgan fingerprint density at radius 3 is 2.61 bits per heavy atom. The molecule has 1 aliphatic rings. The van der Waals surface area contributed by atoms with E-state index in [2.05, 4.69) is 10.2 Å². The van der Waals surface area contributed by atoms with Crippen LogP contribution < -0.4 is 5.32 Å². The van der Waals surface area contributed by atoms with Crippen LogP contribution in [0.2, 0.25) is 0 Å². The molecule has 0 aromatic heterocycles. The van der Waals surface area contributed by atoms with Crippen LogP contribution in [0.4, 0.5) is 4.79 Å². The van der Waals surface area contributed by atoms with Gasteiger partial charge in [-0.1, -0.05) is 30.3 Å². The van der Waals surface area contributed by atoms with Crippen LogP contribution in [0.5, 0.6) is 0 Å². The summed E-state index contributed by atoms with van der Waals surface area (Å²) in [6.45, 7) is 3.45. The van der Waals surface area contributed by atoms with Gasteiger partial charge in [0.25, 0.3) is 0 Å². The van der Waals surface area contributed by atoms with Crippen molar-refractivity contribution in [3.8, 4) is 0 Å². The van der Waals surface area contributed by atoms with Crippen molar-refractivity contribution in [3.05, 3.63) is 35.9 Å². The summed E-state index contributed by atoms with van der Waals surface area (Å²) < 4.78 is 0. The normalized spacial score (nSPS) is 19.9. The lowest BCUT2D eigenvalue weighted by atomic mass is 9.86. The molecule has 0 bridgehead atoms. The van der Waals surface area contributed by atoms with E-state index in [1.54, 1.807) is 6.92 Å². The number of hydrogen-bond donors (Lipinski definition) is 3. The second-order valence-electron chi connectivity index (χ2n) is 4.91. The number of aliphatic hydroxyl groups is 1. The molecule has 1 amide bonds. The molecule has 2 rings (SSSR count). The average molecular weight is 250 g/mol. The SMILES string of the molecule is C[C@@H](NC(=O)O)C1(O)CN(Cc2ccccc2)C1. The highest BCUT2D eigenvalue weighted by atomic mass is 16.4. The number of amides is 1. The predicted octanol–water partition coefficient (Wildman–Crippen LogP) is 0.889. The van der Waals surface area contributed by atoms with Crippen molar-refractivity contribution < 1.29 is 15.0 Å². The zero-order valence-electron chi connectivity index (χ0n) is 10.3. The van der Waals surface area contributed by atoms with Gasteiger partial charge in [-0.15, -0.1) is 0 Å². The lowest BCUT2D eigenvalue weighted by Gasteiger charge is -2.49. The molecule has 5 nitrogen and oxygen atoms in total. The van der Waals surface area contributed by atoms with Crippen LogP contribution >= 0.6 is 0 Å². The standard InChI is InChI=1S/C13H18N2O3/c1-10(14-12(16)17)13(18)8-15(9-13)7-11-5-3-2-4-6-11/h2-6,10,14,18H,7-9H2,1H3,(H,16,17)/t10-/m1/s1. The molecule has 5 heteroatoms. The fraction of sp³-hybridized carbons (Fsp3) is 0.462. The molecule has 0 spiro atoms. The van der Waals surface area contributed by atoms with Crippen molar-refractivity contribution in [1.29, 1.82) is 0 Å². The molecule has 3 N–H and O–H groups in total. The Bertz CT molecular complexity index is 416. The molecule has 0 unspecified atom stereocenters. The number of likely N-dealkylation sites (tertiary alicyclic amines) is 1. The molecule has 1 fully saturated rings. The zero-order valence-corrected chi connectivity index (χ0v) is 10.3. The van der Waals surface area contributed by atoms with Crippen molar-refractivity contribution >= 4 is 6.09 Å². The van der Waals surface area contributed by atoms with Gasteiger partial charge in [0.2, 0.25) is 0 Å². The van der Waals surface area contributed by atoms with Gasteiger partial charge in [0.1, 0.15) is 5.60 Å². The summed E-state index contributed by atoms with van der Waals surface area (Å²) in [6, 6.07) is 9.55. The third kappa shape index (κ3) is 2.80. The van der Waals surface area contributed by atoms with Gasteiger partial charge >= 0.3 is 6.09 Å². The highest BCUT2D eigenvalue weighted by molar-refractivity contribution is 5.65. The summed E-state index contributed by atoms with van der Waals surface area (Å²) in [7, 11) is 0. The number of nitrogens with zero attached hydrogens (tertiary/aromatic N) is 1. The van der Waals surface area contributed by atoms with Crippen molar-refractivity contribution in [1.82, 2.24) is 10.2 Å². The number of carbonyl (C=O) groups is 1. The van der Waals surface area contributed by atoms with E-state index in [0.29, 0.717) is 13.1 Å². The maximum absolute atomic E-state index is 10.5. The summed E-state index contributed by atoms with van der Waals surface area (Å²) in [4.78, 5) is 12.6. The van der Waals surface area contributed by atoms with Gasteiger partial charge in [-0.05, 0) is 12.5 Å². The number of benzene rings is 1. The number of rotatable bonds is 4. The van der Waals surface area contributed by atoms with Gasteiger partial charge in [0, 0.05) is 19.6 Å². The van der Waals surface area contributed by atoms with Crippen LogP contribution in [0, 0.1) is 0 Å². The molecule has 98 valence electrons. The summed E-state index contributed by atoms with van der Waals surface area (Å²) in [5.41, 5.74) is 0.242. The number of hydrogen-bond acceptors (Lipinski definition) is 3. The van der Waals surface area contributed by atoms with Crippen LogP contribution in [0.1, 0.15) is 12.5 Å². The fourth-order valence-electron chi connectivity index (χ4n) is 2.27. The van der Waals surface area contributed by atoms with Crippen molar-refractivity contribution in [2.75, 3.05) is 13.1 Å². The van der Waals surface area contributed by atoms with Crippen molar-refractivity contribution in [2.45, 2.75) is 25.1 Å². The third-order valence-electron chi connectivity index (χ3n) is 3.39. The Balaban J connectivity index is 1.84. The maximum atomic E-state index is 10.5. The van der Waals surface area contributed by atoms with Crippen molar-refractivity contribution in [2.24, 2.45) is 0 Å². The molecule has 0 saturated carbocycles. The lowest BCUT2D eigenvalue weighted by molar-refractivity contribution is -0.119. The van der Waals surface area contributed by atoms with Gasteiger partial charge in [-0.3, -0.25) is 4.90 Å². The highest BCUT2D eigenvalue weighted by Crippen LogP contribution is 2.26. The van der Waals surface area contributed by atoms with E-state index < -0.39 is 17.7 Å². The quantitative estimate of drug-likeness (QED) is 0.742. The van der Waals surface area contributed by atoms with Crippen LogP contribution in [0.3, 0.4) is 0 Å². The number of nitrogens with one attached hydrogen (secondary N) is 1. The minimum Gasteiger partial charge on any atom is -0.465 e. The monoisotopic (exact) mass is 250 g/mol. The Morgan fingerprint density at radius 2 is 2.06 bits per heavy atom. The minimum atomic E-state index is -1.10. The first kappa shape index (κ1) is 12.9. The molecular formula is C13H18N2O3. The number of β-amino-alcohol motifs (C(OH)–C–C–N with tert-alkyl or cyclic N) is 1. The maximum Gasteiger partial charge on any atom is 0.404 e. The molecular weight excluding hydrogens is 232 g/mol. The Labute approximate surface area is 106 Å². The molecule has 18 heavy (non-hydrogen) atoms. The van der Waals surface area contributed by atoms with E-state index in [9.17, 15) is 9.90 Å². The molecule has 1 saturated heterocycles. The molecule has 1 heterocycles. The molecule has 0 radical (unpaired) electrons. The van der Waals surface area contributed by atoms with E-state index in [4.69, 9.17) is 5.11 Å². The van der Waals surface area contributed by atoms with Gasteiger partial charge in [0.05, 0.1) is 6.04 Å². The summed E-state index contributed by atoms with van der Waals surface area (Å²) in [5.74, 6) is 0. The van der Waals surface area contributed by atoms with Gasteiger partial charge in [0.15, 0.2) is 0 Å². The van der Waals surface area contributed by atoms with Gasteiger partial charge in [-0.25, -0.2) is 4.79 Å². The number of carboxylic acid groups (broad SMARTS) is 1. The van der Waals surface area contributed by atoms with Crippen LogP contribution in [0.15, 0.2) is 30.3 Å². The first-order chi connectivity index (χ1) is 8.49. The second-order valence-corrected chi connectivity index (χ2v) is 4.91. The van der Waals surface area contributed by atoms with E-state index in [-0.39, 0.29) is 0 Å². The first-order valence-electron chi connectivity index (χ1n) is 5.98. The van der Waals surface area contributed by atoms with Crippen LogP contribution in [-0.4, -0.2) is 45.9 Å². The van der Waals surface area contributed by atoms with Crippen LogP contribution in [0.25, 0.3) is 0 Å². The third-order valence-corrected chi connectivity index (χ3v) is 3.39. The van der Waals surface area contributed by atoms with Crippen LogP contribution in [-0.2, 0) is 6.54 Å². The minimum absolute atomic E-state index is 0.456. The Hall–Kier alpha value is -1.59. The smallest absolute Gasteiger partial charge is 0.404 e. The molecule has 1 aromatic rings. The predicted molar refractivity (Wildman–Crippen MR) is 67.3 cm³/mol. The fourth-order valence-corrected chi connectivity index (χ4v) is 2.27. The Morgan fingerprint density at radius 1 is 1.44 bits per heavy atom. The van der Waals surface area contributed by atoms with Crippen molar-refractivity contribution in [3.63, 3.8) is 0 Å². The second kappa shape index (κ2) is 4.96. The average Bonchev–Trinajstić information content (AvgIpc) is 2.27. The topological polar surface area (TPSA) is 72.8 Å². The van der Waals surface area contributed by atoms with Gasteiger partial charge < -0.3 is 15.5 Å². The molecule has 1 atom stereocenters. The van der Waals surface area contributed by atoms with E-state index in [1.165, 1.54) is 5.56 Å². The van der Waals surface area contributed by atoms with E-state index >= 15 is 0 Å². The molecule has 0 aliphatic carbocycles. The molecule has 1 aromatic carbocycles. The zero-order chi connectivity index (χ0) is 13.2. The lowest BCUT2D eigenvalue weighted by Crippen LogP contribution is -2.69. The van der Waals surface area contributed by atoms with E-state index in [1.807, 2.05) is 30.3 Å². The first-order valence-corrected chi connectivity index (χ1v) is 5.98. The molecule has 1 aliphatic heterocycles. The van der Waals surface area contributed by atoms with E-state index in [0.717, 1.165) is 6.54 Å². The summed E-state index contributed by atoms with van der Waals surface area (Å²) >= 11 is 0. The summed E-state index contributed by atoms with van der Waals surface area (Å²) in [5, 5.41) is 21.2. The summed E-state index contributed by atoms with van der Waals surface area (Å²) in [6.07, 6.45) is -1.10. The highest BCUT2D eigenvalue weighted by Gasteiger charge is 2.45. The Kier molecular flexibility index (Phi) is 3.54.